The lowest BCUT2D eigenvalue weighted by atomic mass is 9.81. The van der Waals surface area contributed by atoms with E-state index in [0.29, 0.717) is 18.4 Å². The van der Waals surface area contributed by atoms with Crippen LogP contribution in [0.4, 0.5) is 0 Å². The molecule has 10 heteroatoms. The van der Waals surface area contributed by atoms with Crippen molar-refractivity contribution in [3.8, 4) is 0 Å². The molecule has 4 rings (SSSR count). The molecule has 0 spiro atoms. The van der Waals surface area contributed by atoms with E-state index in [-0.39, 0.29) is 25.3 Å². The molecule has 0 aromatic heterocycles. The van der Waals surface area contributed by atoms with Gasteiger partial charge in [-0.2, -0.15) is 5.01 Å². The van der Waals surface area contributed by atoms with Gasteiger partial charge in [-0.1, -0.05) is 85.4 Å². The van der Waals surface area contributed by atoms with Crippen LogP contribution in [0.3, 0.4) is 0 Å². The first-order chi connectivity index (χ1) is 16.1. The molecule has 178 valence electrons. The maximum absolute atomic E-state index is 13.7. The summed E-state index contributed by atoms with van der Waals surface area (Å²) in [6, 6.07) is 11.6. The van der Waals surface area contributed by atoms with Crippen LogP contribution < -0.4 is 0 Å². The van der Waals surface area contributed by atoms with E-state index in [0.717, 1.165) is 10.0 Å². The maximum atomic E-state index is 13.7. The van der Waals surface area contributed by atoms with Gasteiger partial charge < -0.3 is 0 Å². The molecule has 0 bridgehead atoms. The molecule has 1 aliphatic carbocycles. The summed E-state index contributed by atoms with van der Waals surface area (Å²) in [6.07, 6.45) is 0.884. The molecule has 2 fully saturated rings. The summed E-state index contributed by atoms with van der Waals surface area (Å²) in [5, 5.41) is 2.25. The van der Waals surface area contributed by atoms with Crippen molar-refractivity contribution >= 4 is 78.6 Å². The van der Waals surface area contributed by atoms with Gasteiger partial charge in [0.25, 0.3) is 17.7 Å². The minimum Gasteiger partial charge on any atom is -0.292 e. The molecular weight excluding hydrogens is 611 g/mol. The molecule has 6 nitrogen and oxygen atoms in total. The fraction of sp³-hybridized carbons (Fsp3) is 0.333. The van der Waals surface area contributed by atoms with Crippen LogP contribution in [-0.2, 0) is 9.59 Å². The Morgan fingerprint density at radius 3 is 2.00 bits per heavy atom. The summed E-state index contributed by atoms with van der Waals surface area (Å²) in [6.45, 7) is 1.51. The Kier molecular flexibility index (Phi) is 7.53. The minimum atomic E-state index is -1.13. The Hall–Kier alpha value is -1.74. The summed E-state index contributed by atoms with van der Waals surface area (Å²) in [4.78, 5) is 54.0. The van der Waals surface area contributed by atoms with E-state index in [1.807, 2.05) is 0 Å². The number of halogens is 4. The van der Waals surface area contributed by atoms with Gasteiger partial charge in [0.05, 0.1) is 21.9 Å². The van der Waals surface area contributed by atoms with Crippen LogP contribution in [0.15, 0.2) is 48.5 Å². The lowest BCUT2D eigenvalue weighted by molar-refractivity contribution is -0.156. The molecule has 1 saturated carbocycles. The molecule has 1 saturated heterocycles. The predicted octanol–water partition coefficient (Wildman–Crippen LogP) is 5.54. The van der Waals surface area contributed by atoms with Crippen molar-refractivity contribution in [1.29, 1.82) is 0 Å². The maximum Gasteiger partial charge on any atom is 0.273 e. The lowest BCUT2D eigenvalue weighted by Crippen LogP contribution is -2.56. The number of fused-ring (bicyclic) bond motifs is 1. The van der Waals surface area contributed by atoms with E-state index in [1.165, 1.54) is 25.1 Å². The normalized spacial score (nSPS) is 25.1. The molecule has 5 atom stereocenters. The van der Waals surface area contributed by atoms with Gasteiger partial charge in [0.2, 0.25) is 0 Å². The third-order valence-electron chi connectivity index (χ3n) is 6.28. The van der Waals surface area contributed by atoms with E-state index in [4.69, 9.17) is 23.2 Å². The number of alkyl halides is 2. The highest BCUT2D eigenvalue weighted by Crippen LogP contribution is 2.44. The molecule has 0 N–H and O–H groups in total. The number of ketones is 1. The number of carbonyl (C=O) groups is 4. The second-order valence-electron chi connectivity index (χ2n) is 8.39. The molecule has 2 aliphatic rings. The number of benzene rings is 2. The number of hydrogen-bond donors (Lipinski definition) is 0. The monoisotopic (exact) mass is 628 g/mol. The number of amides is 3. The Morgan fingerprint density at radius 1 is 0.912 bits per heavy atom. The Morgan fingerprint density at radius 2 is 1.47 bits per heavy atom. The van der Waals surface area contributed by atoms with Crippen molar-refractivity contribution in [2.24, 2.45) is 11.8 Å². The largest absolute Gasteiger partial charge is 0.292 e. The van der Waals surface area contributed by atoms with Crippen molar-refractivity contribution in [3.05, 3.63) is 69.7 Å². The number of imide groups is 1. The second-order valence-corrected chi connectivity index (χ2v) is 11.6. The number of carbonyl (C=O) groups excluding carboxylic acids is 4. The van der Waals surface area contributed by atoms with E-state index in [1.54, 1.807) is 30.3 Å². The number of nitrogens with zero attached hydrogens (tertiary/aromatic N) is 2. The molecular formula is C24H20Br2Cl2N2O4. The smallest absolute Gasteiger partial charge is 0.273 e. The van der Waals surface area contributed by atoms with Crippen molar-refractivity contribution in [1.82, 2.24) is 10.0 Å². The first-order valence-electron chi connectivity index (χ1n) is 10.7. The van der Waals surface area contributed by atoms with E-state index < -0.39 is 41.4 Å². The molecule has 0 unspecified atom stereocenters. The number of hydrogen-bond acceptors (Lipinski definition) is 4. The van der Waals surface area contributed by atoms with Crippen molar-refractivity contribution in [2.75, 3.05) is 0 Å². The number of Topliss-reactive ketones (excluding diaryl/α,β-unsaturated/α-hetero) is 1. The van der Waals surface area contributed by atoms with Gasteiger partial charge in [0.1, 0.15) is 6.04 Å². The van der Waals surface area contributed by atoms with Crippen LogP contribution in [-0.4, -0.2) is 49.2 Å². The first kappa shape index (κ1) is 25.4. The standard InChI is InChI=1S/C24H20Br2Cl2N2O4/c1-12(21(31)13-5-3-2-4-6-13)29(22(32)14-7-8-19(27)20(28)9-14)30-23(33)15-10-17(25)18(26)11-16(15)24(30)34/h2-9,12,15-18H,10-11H2,1H3/t12-,15-,16-,17+,18+/m1/s1. The summed E-state index contributed by atoms with van der Waals surface area (Å²) in [5.41, 5.74) is 0.466. The fourth-order valence-electron chi connectivity index (χ4n) is 4.45. The van der Waals surface area contributed by atoms with Gasteiger partial charge in [-0.15, -0.1) is 0 Å². The van der Waals surface area contributed by atoms with E-state index in [9.17, 15) is 19.2 Å². The molecule has 3 amide bonds. The highest BCUT2D eigenvalue weighted by Gasteiger charge is 2.55. The molecule has 2 aromatic rings. The molecule has 1 aliphatic heterocycles. The average Bonchev–Trinajstić information content (AvgIpc) is 3.05. The fourth-order valence-corrected chi connectivity index (χ4v) is 5.98. The van der Waals surface area contributed by atoms with Gasteiger partial charge >= 0.3 is 0 Å². The SMILES string of the molecule is C[C@H](C(=O)c1ccccc1)N(C(=O)c1ccc(Cl)c(Cl)c1)N1C(=O)[C@@H]2C[C@H](Br)[C@@H](Br)C[C@H]2C1=O. The first-order valence-corrected chi connectivity index (χ1v) is 13.2. The zero-order chi connectivity index (χ0) is 24.7. The number of hydrazine groups is 1. The summed E-state index contributed by atoms with van der Waals surface area (Å²) < 4.78 is 0. The minimum absolute atomic E-state index is 0.00745. The topological polar surface area (TPSA) is 74.8 Å². The zero-order valence-corrected chi connectivity index (χ0v) is 22.6. The van der Waals surface area contributed by atoms with E-state index >= 15 is 0 Å². The van der Waals surface area contributed by atoms with E-state index in [2.05, 4.69) is 31.9 Å². The lowest BCUT2D eigenvalue weighted by Gasteiger charge is -2.34. The Bertz CT molecular complexity index is 1130. The zero-order valence-electron chi connectivity index (χ0n) is 18.0. The number of rotatable bonds is 5. The van der Waals surface area contributed by atoms with Crippen LogP contribution in [0, 0.1) is 11.8 Å². The van der Waals surface area contributed by atoms with Crippen LogP contribution >= 0.6 is 55.1 Å². The molecule has 2 aromatic carbocycles. The third-order valence-corrected chi connectivity index (χ3v) is 9.76. The van der Waals surface area contributed by atoms with Crippen molar-refractivity contribution < 1.29 is 19.2 Å². The highest BCUT2D eigenvalue weighted by molar-refractivity contribution is 9.12. The van der Waals surface area contributed by atoms with Crippen LogP contribution in [0.2, 0.25) is 10.0 Å². The van der Waals surface area contributed by atoms with Gasteiger partial charge in [-0.25, -0.2) is 5.01 Å². The second kappa shape index (κ2) is 10.1. The van der Waals surface area contributed by atoms with Crippen molar-refractivity contribution in [2.45, 2.75) is 35.5 Å². The van der Waals surface area contributed by atoms with Crippen molar-refractivity contribution in [3.63, 3.8) is 0 Å². The van der Waals surface area contributed by atoms with Gasteiger partial charge in [0, 0.05) is 20.8 Å². The molecule has 34 heavy (non-hydrogen) atoms. The summed E-state index contributed by atoms with van der Waals surface area (Å²) in [7, 11) is 0. The summed E-state index contributed by atoms with van der Waals surface area (Å²) in [5.74, 6) is -3.22. The highest BCUT2D eigenvalue weighted by atomic mass is 79.9. The van der Waals surface area contributed by atoms with Crippen LogP contribution in [0.5, 0.6) is 0 Å². The molecule has 0 radical (unpaired) electrons. The molecule has 1 heterocycles. The average molecular weight is 631 g/mol. The van der Waals surface area contributed by atoms with Gasteiger partial charge in [-0.05, 0) is 38.0 Å². The van der Waals surface area contributed by atoms with Gasteiger partial charge in [-0.3, -0.25) is 19.2 Å². The Labute approximate surface area is 223 Å². The predicted molar refractivity (Wildman–Crippen MR) is 136 cm³/mol. The third kappa shape index (κ3) is 4.57. The van der Waals surface area contributed by atoms with Crippen LogP contribution in [0.1, 0.15) is 40.5 Å². The van der Waals surface area contributed by atoms with Crippen LogP contribution in [0.25, 0.3) is 0 Å². The quantitative estimate of drug-likeness (QED) is 0.247. The Balaban J connectivity index is 1.76. The van der Waals surface area contributed by atoms with Gasteiger partial charge in [0.15, 0.2) is 5.78 Å². The summed E-state index contributed by atoms with van der Waals surface area (Å²) >= 11 is 19.3.